The molecule has 0 aromatic carbocycles. The second-order valence-electron chi connectivity index (χ2n) is 2.91. The van der Waals surface area contributed by atoms with Crippen LogP contribution in [-0.4, -0.2) is 12.6 Å². The Kier molecular flexibility index (Phi) is 2.69. The fourth-order valence-electron chi connectivity index (χ4n) is 1.03. The number of ether oxygens (including phenoxy) is 1. The van der Waals surface area contributed by atoms with Gasteiger partial charge in [0.25, 0.3) is 0 Å². The first-order chi connectivity index (χ1) is 5.24. The van der Waals surface area contributed by atoms with Gasteiger partial charge in [-0.1, -0.05) is 5.57 Å². The van der Waals surface area contributed by atoms with Gasteiger partial charge in [0.15, 0.2) is 0 Å². The summed E-state index contributed by atoms with van der Waals surface area (Å²) >= 11 is 0. The summed E-state index contributed by atoms with van der Waals surface area (Å²) in [5.74, 6) is 0.469. The largest absolute Gasteiger partial charge is 0.463 e. The summed E-state index contributed by atoms with van der Waals surface area (Å²) in [7, 11) is 0. The van der Waals surface area contributed by atoms with Crippen molar-refractivity contribution in [2.45, 2.75) is 26.7 Å². The van der Waals surface area contributed by atoms with Crippen molar-refractivity contribution in [2.75, 3.05) is 6.61 Å². The Hall–Kier alpha value is -0.790. The van der Waals surface area contributed by atoms with Crippen LogP contribution in [0.2, 0.25) is 0 Å². The van der Waals surface area contributed by atoms with Crippen LogP contribution in [0.15, 0.2) is 11.6 Å². The molecule has 1 aliphatic carbocycles. The quantitative estimate of drug-likeness (QED) is 0.458. The predicted molar refractivity (Wildman–Crippen MR) is 43.1 cm³/mol. The van der Waals surface area contributed by atoms with Crippen molar-refractivity contribution < 1.29 is 9.53 Å². The van der Waals surface area contributed by atoms with Crippen molar-refractivity contribution in [1.82, 2.24) is 0 Å². The van der Waals surface area contributed by atoms with Crippen LogP contribution in [0.3, 0.4) is 0 Å². The third-order valence-electron chi connectivity index (χ3n) is 1.85. The second-order valence-corrected chi connectivity index (χ2v) is 2.91. The monoisotopic (exact) mass is 154 g/mol. The van der Waals surface area contributed by atoms with E-state index in [0.29, 0.717) is 12.5 Å². The molecule has 0 atom stereocenters. The Labute approximate surface area is 67.2 Å². The van der Waals surface area contributed by atoms with Crippen LogP contribution in [0.1, 0.15) is 26.7 Å². The molecule has 0 heterocycles. The minimum atomic E-state index is -0.197. The van der Waals surface area contributed by atoms with Crippen molar-refractivity contribution >= 4 is 5.97 Å². The zero-order valence-electron chi connectivity index (χ0n) is 7.09. The van der Waals surface area contributed by atoms with E-state index in [1.54, 1.807) is 6.08 Å². The average molecular weight is 154 g/mol. The van der Waals surface area contributed by atoms with Gasteiger partial charge in [0.1, 0.15) is 0 Å². The summed E-state index contributed by atoms with van der Waals surface area (Å²) in [6, 6.07) is 0. The topological polar surface area (TPSA) is 26.3 Å². The first kappa shape index (κ1) is 8.31. The lowest BCUT2D eigenvalue weighted by atomic mass is 10.2. The van der Waals surface area contributed by atoms with E-state index >= 15 is 0 Å². The highest BCUT2D eigenvalue weighted by molar-refractivity contribution is 5.82. The molecule has 1 rings (SSSR count). The summed E-state index contributed by atoms with van der Waals surface area (Å²) in [6.07, 6.45) is 4.09. The summed E-state index contributed by atoms with van der Waals surface area (Å²) in [5.41, 5.74) is 1.17. The Morgan fingerprint density at radius 1 is 1.64 bits per heavy atom. The minimum absolute atomic E-state index is 0.197. The molecule has 0 aromatic heterocycles. The SMILES string of the molecule is CCOC(=O)C=C(C)C1CC1. The van der Waals surface area contributed by atoms with E-state index in [0.717, 1.165) is 0 Å². The van der Waals surface area contributed by atoms with Crippen molar-refractivity contribution in [3.8, 4) is 0 Å². The van der Waals surface area contributed by atoms with E-state index in [-0.39, 0.29) is 5.97 Å². The molecule has 1 saturated carbocycles. The Morgan fingerprint density at radius 2 is 2.27 bits per heavy atom. The third kappa shape index (κ3) is 2.74. The molecule has 0 saturated heterocycles. The first-order valence-corrected chi connectivity index (χ1v) is 4.09. The summed E-state index contributed by atoms with van der Waals surface area (Å²) < 4.78 is 4.78. The average Bonchev–Trinajstić information content (AvgIpc) is 2.67. The maximum Gasteiger partial charge on any atom is 0.330 e. The highest BCUT2D eigenvalue weighted by Crippen LogP contribution is 2.35. The fraction of sp³-hybridized carbons (Fsp3) is 0.667. The molecule has 0 aliphatic heterocycles. The van der Waals surface area contributed by atoms with Gasteiger partial charge in [-0.05, 0) is 32.6 Å². The zero-order valence-corrected chi connectivity index (χ0v) is 7.09. The number of rotatable bonds is 3. The van der Waals surface area contributed by atoms with Crippen LogP contribution >= 0.6 is 0 Å². The van der Waals surface area contributed by atoms with E-state index in [2.05, 4.69) is 0 Å². The molecule has 2 nitrogen and oxygen atoms in total. The molecule has 0 spiro atoms. The number of hydrogen-bond donors (Lipinski definition) is 0. The van der Waals surface area contributed by atoms with Gasteiger partial charge >= 0.3 is 5.97 Å². The molecule has 0 amide bonds. The summed E-state index contributed by atoms with van der Waals surface area (Å²) in [6.45, 7) is 4.28. The highest BCUT2D eigenvalue weighted by Gasteiger charge is 2.23. The molecular weight excluding hydrogens is 140 g/mol. The number of carbonyl (C=O) groups is 1. The maximum absolute atomic E-state index is 10.9. The van der Waals surface area contributed by atoms with Gasteiger partial charge in [-0.15, -0.1) is 0 Å². The van der Waals surface area contributed by atoms with Gasteiger partial charge in [-0.2, -0.15) is 0 Å². The van der Waals surface area contributed by atoms with Crippen molar-refractivity contribution in [1.29, 1.82) is 0 Å². The number of carbonyl (C=O) groups excluding carboxylic acids is 1. The molecule has 0 radical (unpaired) electrons. The lowest BCUT2D eigenvalue weighted by molar-refractivity contribution is -0.137. The predicted octanol–water partition coefficient (Wildman–Crippen LogP) is 1.91. The van der Waals surface area contributed by atoms with E-state index in [1.165, 1.54) is 18.4 Å². The Morgan fingerprint density at radius 3 is 2.73 bits per heavy atom. The molecule has 0 unspecified atom stereocenters. The lowest BCUT2D eigenvalue weighted by Gasteiger charge is -1.97. The van der Waals surface area contributed by atoms with Crippen LogP contribution in [-0.2, 0) is 9.53 Å². The van der Waals surface area contributed by atoms with Crippen LogP contribution in [0.25, 0.3) is 0 Å². The molecule has 62 valence electrons. The normalized spacial score (nSPS) is 18.2. The van der Waals surface area contributed by atoms with E-state index < -0.39 is 0 Å². The Bertz CT molecular complexity index is 178. The van der Waals surface area contributed by atoms with Gasteiger partial charge < -0.3 is 4.74 Å². The molecular formula is C9H14O2. The molecule has 2 heteroatoms. The maximum atomic E-state index is 10.9. The van der Waals surface area contributed by atoms with Crippen LogP contribution in [0, 0.1) is 5.92 Å². The number of allylic oxidation sites excluding steroid dienone is 1. The molecule has 1 aliphatic rings. The van der Waals surface area contributed by atoms with Gasteiger partial charge in [0.05, 0.1) is 6.61 Å². The van der Waals surface area contributed by atoms with Crippen LogP contribution in [0.5, 0.6) is 0 Å². The molecule has 1 fully saturated rings. The van der Waals surface area contributed by atoms with Crippen molar-refractivity contribution in [3.05, 3.63) is 11.6 Å². The zero-order chi connectivity index (χ0) is 8.27. The standard InChI is InChI=1S/C9H14O2/c1-3-11-9(10)6-7(2)8-4-5-8/h6,8H,3-5H2,1-2H3. The first-order valence-electron chi connectivity index (χ1n) is 4.09. The van der Waals surface area contributed by atoms with E-state index in [1.807, 2.05) is 13.8 Å². The number of esters is 1. The van der Waals surface area contributed by atoms with Crippen LogP contribution < -0.4 is 0 Å². The smallest absolute Gasteiger partial charge is 0.330 e. The fourth-order valence-corrected chi connectivity index (χ4v) is 1.03. The summed E-state index contributed by atoms with van der Waals surface area (Å²) in [5, 5.41) is 0. The molecule has 0 N–H and O–H groups in total. The van der Waals surface area contributed by atoms with Crippen molar-refractivity contribution in [2.24, 2.45) is 5.92 Å². The molecule has 11 heavy (non-hydrogen) atoms. The number of hydrogen-bond acceptors (Lipinski definition) is 2. The minimum Gasteiger partial charge on any atom is -0.463 e. The van der Waals surface area contributed by atoms with E-state index in [9.17, 15) is 4.79 Å². The second kappa shape index (κ2) is 3.56. The summed E-state index contributed by atoms with van der Waals surface area (Å²) in [4.78, 5) is 10.9. The molecule has 0 aromatic rings. The lowest BCUT2D eigenvalue weighted by Crippen LogP contribution is -2.00. The van der Waals surface area contributed by atoms with E-state index in [4.69, 9.17) is 4.74 Å². The van der Waals surface area contributed by atoms with Gasteiger partial charge in [0, 0.05) is 6.08 Å². The third-order valence-corrected chi connectivity index (χ3v) is 1.85. The van der Waals surface area contributed by atoms with Crippen molar-refractivity contribution in [3.63, 3.8) is 0 Å². The van der Waals surface area contributed by atoms with Gasteiger partial charge in [-0.25, -0.2) is 4.79 Å². The van der Waals surface area contributed by atoms with Gasteiger partial charge in [-0.3, -0.25) is 0 Å². The highest BCUT2D eigenvalue weighted by atomic mass is 16.5. The van der Waals surface area contributed by atoms with Gasteiger partial charge in [0.2, 0.25) is 0 Å². The van der Waals surface area contributed by atoms with Crippen LogP contribution in [0.4, 0.5) is 0 Å². The molecule has 0 bridgehead atoms. The Balaban J connectivity index is 2.35.